The van der Waals surface area contributed by atoms with Crippen molar-refractivity contribution < 1.29 is 13.2 Å². The second kappa shape index (κ2) is 5.21. The highest BCUT2D eigenvalue weighted by Crippen LogP contribution is 2.33. The van der Waals surface area contributed by atoms with Crippen molar-refractivity contribution in [1.29, 1.82) is 0 Å². The number of benzene rings is 1. The zero-order valence-corrected chi connectivity index (χ0v) is 10.3. The summed E-state index contributed by atoms with van der Waals surface area (Å²) in [6.07, 6.45) is 2.57. The predicted octanol–water partition coefficient (Wildman–Crippen LogP) is 4.41. The number of rotatable bonds is 2. The summed E-state index contributed by atoms with van der Waals surface area (Å²) in [4.78, 5) is 0. The van der Waals surface area contributed by atoms with Gasteiger partial charge in [0.2, 0.25) is 0 Å². The van der Waals surface area contributed by atoms with Gasteiger partial charge in [-0.1, -0.05) is 38.2 Å². The summed E-state index contributed by atoms with van der Waals surface area (Å²) in [5.74, 6) is 0.581. The van der Waals surface area contributed by atoms with E-state index in [9.17, 15) is 13.2 Å². The molecule has 1 aliphatic rings. The van der Waals surface area contributed by atoms with Crippen LogP contribution in [0.5, 0.6) is 0 Å². The predicted molar refractivity (Wildman–Crippen MR) is 66.1 cm³/mol. The maximum Gasteiger partial charge on any atom is 0.416 e. The third-order valence-corrected chi connectivity index (χ3v) is 3.71. The zero-order valence-electron chi connectivity index (χ0n) is 10.3. The van der Waals surface area contributed by atoms with Gasteiger partial charge in [0.05, 0.1) is 5.56 Å². The summed E-state index contributed by atoms with van der Waals surface area (Å²) >= 11 is 0. The Bertz CT molecular complexity index is 406. The molecule has 0 spiro atoms. The van der Waals surface area contributed by atoms with Crippen LogP contribution in [0.1, 0.15) is 43.2 Å². The van der Waals surface area contributed by atoms with E-state index in [-0.39, 0.29) is 5.69 Å². The van der Waals surface area contributed by atoms with Crippen LogP contribution in [0.2, 0.25) is 0 Å². The molecule has 0 bridgehead atoms. The highest BCUT2D eigenvalue weighted by Gasteiger charge is 2.30. The van der Waals surface area contributed by atoms with Gasteiger partial charge in [0.25, 0.3) is 0 Å². The topological polar surface area (TPSA) is 26.0 Å². The molecule has 0 heterocycles. The summed E-state index contributed by atoms with van der Waals surface area (Å²) in [6, 6.07) is 3.72. The quantitative estimate of drug-likeness (QED) is 0.780. The van der Waals surface area contributed by atoms with Gasteiger partial charge in [-0.2, -0.15) is 13.2 Å². The van der Waals surface area contributed by atoms with Crippen molar-refractivity contribution in [2.45, 2.75) is 44.7 Å². The van der Waals surface area contributed by atoms with Crippen molar-refractivity contribution in [2.75, 3.05) is 5.73 Å². The second-order valence-corrected chi connectivity index (χ2v) is 5.12. The average molecular weight is 257 g/mol. The molecule has 1 saturated carbocycles. The molecule has 0 amide bonds. The van der Waals surface area contributed by atoms with Crippen molar-refractivity contribution in [3.63, 3.8) is 0 Å². The Morgan fingerprint density at radius 3 is 2.33 bits per heavy atom. The minimum Gasteiger partial charge on any atom is -0.398 e. The Morgan fingerprint density at radius 2 is 1.78 bits per heavy atom. The van der Waals surface area contributed by atoms with Crippen LogP contribution in [0.3, 0.4) is 0 Å². The maximum atomic E-state index is 12.5. The molecular formula is C14H18F3N. The largest absolute Gasteiger partial charge is 0.416 e. The number of hydrogen-bond acceptors (Lipinski definition) is 1. The van der Waals surface area contributed by atoms with Crippen molar-refractivity contribution in [3.05, 3.63) is 29.3 Å². The first-order valence-corrected chi connectivity index (χ1v) is 6.42. The summed E-state index contributed by atoms with van der Waals surface area (Å²) < 4.78 is 37.5. The van der Waals surface area contributed by atoms with E-state index in [1.165, 1.54) is 38.2 Å². The third-order valence-electron chi connectivity index (χ3n) is 3.71. The molecule has 0 atom stereocenters. The maximum absolute atomic E-state index is 12.5. The van der Waals surface area contributed by atoms with Crippen LogP contribution in [-0.4, -0.2) is 0 Å². The van der Waals surface area contributed by atoms with Crippen molar-refractivity contribution in [2.24, 2.45) is 5.92 Å². The standard InChI is InChI=1S/C14H18F3N/c15-14(16,17)12-7-6-11(13(18)9-12)8-10-4-2-1-3-5-10/h6-7,9-10H,1-5,8,18H2. The van der Waals surface area contributed by atoms with Crippen molar-refractivity contribution >= 4 is 5.69 Å². The smallest absolute Gasteiger partial charge is 0.398 e. The second-order valence-electron chi connectivity index (χ2n) is 5.12. The van der Waals surface area contributed by atoms with Crippen LogP contribution in [-0.2, 0) is 12.6 Å². The lowest BCUT2D eigenvalue weighted by Gasteiger charge is -2.22. The SMILES string of the molecule is Nc1cc(C(F)(F)F)ccc1CC1CCCCC1. The van der Waals surface area contributed by atoms with Gasteiger partial charge >= 0.3 is 6.18 Å². The number of anilines is 1. The van der Waals surface area contributed by atoms with E-state index >= 15 is 0 Å². The molecule has 0 radical (unpaired) electrons. The van der Waals surface area contributed by atoms with Crippen LogP contribution >= 0.6 is 0 Å². The number of alkyl halides is 3. The molecule has 0 aromatic heterocycles. The van der Waals surface area contributed by atoms with Crippen LogP contribution in [0, 0.1) is 5.92 Å². The van der Waals surface area contributed by atoms with E-state index in [0.717, 1.165) is 24.1 Å². The molecular weight excluding hydrogens is 239 g/mol. The fraction of sp³-hybridized carbons (Fsp3) is 0.571. The lowest BCUT2D eigenvalue weighted by Crippen LogP contribution is -2.12. The molecule has 1 aromatic carbocycles. The monoisotopic (exact) mass is 257 g/mol. The molecule has 2 N–H and O–H groups in total. The first-order chi connectivity index (χ1) is 8.47. The van der Waals surface area contributed by atoms with Crippen LogP contribution < -0.4 is 5.73 Å². The molecule has 1 fully saturated rings. The third kappa shape index (κ3) is 3.18. The molecule has 1 nitrogen and oxygen atoms in total. The lowest BCUT2D eigenvalue weighted by atomic mass is 9.84. The molecule has 2 rings (SSSR count). The summed E-state index contributed by atoms with van der Waals surface area (Å²) in [7, 11) is 0. The molecule has 18 heavy (non-hydrogen) atoms. The lowest BCUT2D eigenvalue weighted by molar-refractivity contribution is -0.137. The molecule has 1 aromatic rings. The van der Waals surface area contributed by atoms with Gasteiger partial charge in [-0.05, 0) is 30.0 Å². The highest BCUT2D eigenvalue weighted by molar-refractivity contribution is 5.50. The molecule has 100 valence electrons. The Morgan fingerprint density at radius 1 is 1.11 bits per heavy atom. The van der Waals surface area contributed by atoms with Gasteiger partial charge in [0.15, 0.2) is 0 Å². The van der Waals surface area contributed by atoms with Gasteiger partial charge in [-0.3, -0.25) is 0 Å². The van der Waals surface area contributed by atoms with Crippen LogP contribution in [0.25, 0.3) is 0 Å². The fourth-order valence-corrected chi connectivity index (χ4v) is 2.66. The average Bonchev–Trinajstić information content (AvgIpc) is 2.32. The van der Waals surface area contributed by atoms with Gasteiger partial charge in [-0.25, -0.2) is 0 Å². The summed E-state index contributed by atoms with van der Waals surface area (Å²) in [5.41, 5.74) is 6.21. The Labute approximate surface area is 105 Å². The van der Waals surface area contributed by atoms with E-state index in [4.69, 9.17) is 5.73 Å². The summed E-state index contributed by atoms with van der Waals surface area (Å²) in [6.45, 7) is 0. The minimum atomic E-state index is -4.31. The number of nitrogens with two attached hydrogens (primary N) is 1. The number of nitrogen functional groups attached to an aromatic ring is 1. The Hall–Kier alpha value is -1.19. The first-order valence-electron chi connectivity index (χ1n) is 6.42. The van der Waals surface area contributed by atoms with E-state index in [1.807, 2.05) is 0 Å². The molecule has 4 heteroatoms. The fourth-order valence-electron chi connectivity index (χ4n) is 2.66. The van der Waals surface area contributed by atoms with Gasteiger partial charge in [-0.15, -0.1) is 0 Å². The van der Waals surface area contributed by atoms with Gasteiger partial charge in [0.1, 0.15) is 0 Å². The Balaban J connectivity index is 2.09. The number of halogens is 3. The molecule has 0 aliphatic heterocycles. The van der Waals surface area contributed by atoms with E-state index < -0.39 is 11.7 Å². The molecule has 0 saturated heterocycles. The van der Waals surface area contributed by atoms with Gasteiger partial charge in [0, 0.05) is 5.69 Å². The minimum absolute atomic E-state index is 0.274. The normalized spacial score (nSPS) is 17.9. The summed E-state index contributed by atoms with van der Waals surface area (Å²) in [5, 5.41) is 0. The first kappa shape index (κ1) is 13.2. The Kier molecular flexibility index (Phi) is 3.83. The molecule has 1 aliphatic carbocycles. The van der Waals surface area contributed by atoms with E-state index in [2.05, 4.69) is 0 Å². The number of hydrogen-bond donors (Lipinski definition) is 1. The van der Waals surface area contributed by atoms with Crippen molar-refractivity contribution in [1.82, 2.24) is 0 Å². The molecule has 0 unspecified atom stereocenters. The van der Waals surface area contributed by atoms with E-state index in [1.54, 1.807) is 0 Å². The van der Waals surface area contributed by atoms with E-state index in [0.29, 0.717) is 5.92 Å². The highest BCUT2D eigenvalue weighted by atomic mass is 19.4. The van der Waals surface area contributed by atoms with Crippen LogP contribution in [0.15, 0.2) is 18.2 Å². The zero-order chi connectivity index (χ0) is 13.2. The van der Waals surface area contributed by atoms with Crippen molar-refractivity contribution in [3.8, 4) is 0 Å². The van der Waals surface area contributed by atoms with Gasteiger partial charge < -0.3 is 5.73 Å². The van der Waals surface area contributed by atoms with Crippen LogP contribution in [0.4, 0.5) is 18.9 Å².